The quantitative estimate of drug-likeness (QED) is 0.271. The second-order valence-corrected chi connectivity index (χ2v) is 6.32. The van der Waals surface area contributed by atoms with Gasteiger partial charge in [0, 0.05) is 18.6 Å². The minimum absolute atomic E-state index is 0.0416. The fraction of sp³-hybridized carbons (Fsp3) is 0.118. The average molecular weight is 386 g/mol. The van der Waals surface area contributed by atoms with Gasteiger partial charge in [0.15, 0.2) is 0 Å². The lowest BCUT2D eigenvalue weighted by Crippen LogP contribution is -1.97. The molecular formula is C17H14N4O5S. The summed E-state index contributed by atoms with van der Waals surface area (Å²) < 4.78 is 5.60. The number of nitro benzene ring substituents is 1. The zero-order chi connectivity index (χ0) is 19.4. The van der Waals surface area contributed by atoms with E-state index >= 15 is 0 Å². The molecule has 138 valence electrons. The van der Waals surface area contributed by atoms with Crippen LogP contribution in [0.5, 0.6) is 0 Å². The molecule has 3 rings (SSSR count). The van der Waals surface area contributed by atoms with Crippen molar-refractivity contribution in [3.05, 3.63) is 63.0 Å². The molecule has 0 amide bonds. The third-order valence-electron chi connectivity index (χ3n) is 3.52. The van der Waals surface area contributed by atoms with E-state index in [1.807, 2.05) is 6.92 Å². The average Bonchev–Trinajstić information content (AvgIpc) is 3.30. The molecule has 0 fully saturated rings. The van der Waals surface area contributed by atoms with Crippen molar-refractivity contribution in [3.8, 4) is 11.3 Å². The fourth-order valence-electron chi connectivity index (χ4n) is 2.26. The highest BCUT2D eigenvalue weighted by Crippen LogP contribution is 2.32. The summed E-state index contributed by atoms with van der Waals surface area (Å²) in [4.78, 5) is 26.3. The minimum Gasteiger partial charge on any atom is -0.477 e. The number of benzene rings is 1. The highest BCUT2D eigenvalue weighted by atomic mass is 32.2. The van der Waals surface area contributed by atoms with Crippen LogP contribution in [0.2, 0.25) is 0 Å². The van der Waals surface area contributed by atoms with Crippen LogP contribution < -0.4 is 0 Å². The number of hydrogen-bond acceptors (Lipinski definition) is 7. The Morgan fingerprint density at radius 2 is 2.15 bits per heavy atom. The Kier molecular flexibility index (Phi) is 5.36. The molecule has 0 spiro atoms. The van der Waals surface area contributed by atoms with E-state index in [2.05, 4.69) is 15.2 Å². The Morgan fingerprint density at radius 1 is 1.37 bits per heavy atom. The van der Waals surface area contributed by atoms with Gasteiger partial charge in [0.05, 0.1) is 10.5 Å². The van der Waals surface area contributed by atoms with Crippen LogP contribution in [0.3, 0.4) is 0 Å². The maximum absolute atomic E-state index is 11.5. The predicted molar refractivity (Wildman–Crippen MR) is 98.0 cm³/mol. The second kappa shape index (κ2) is 7.87. The molecule has 0 unspecified atom stereocenters. The van der Waals surface area contributed by atoms with Gasteiger partial charge in [0.1, 0.15) is 22.3 Å². The van der Waals surface area contributed by atoms with Crippen molar-refractivity contribution < 1.29 is 19.2 Å². The van der Waals surface area contributed by atoms with Crippen molar-refractivity contribution in [1.82, 2.24) is 15.2 Å². The summed E-state index contributed by atoms with van der Waals surface area (Å²) in [6, 6.07) is 9.27. The van der Waals surface area contributed by atoms with E-state index < -0.39 is 10.9 Å². The zero-order valence-electron chi connectivity index (χ0n) is 14.1. The lowest BCUT2D eigenvalue weighted by atomic mass is 10.1. The summed E-state index contributed by atoms with van der Waals surface area (Å²) in [7, 11) is 0. The number of carboxylic acid groups (broad SMARTS) is 1. The van der Waals surface area contributed by atoms with Crippen molar-refractivity contribution in [2.45, 2.75) is 18.5 Å². The molecule has 0 aliphatic rings. The van der Waals surface area contributed by atoms with Crippen molar-refractivity contribution in [3.63, 3.8) is 0 Å². The summed E-state index contributed by atoms with van der Waals surface area (Å²) in [5, 5.41) is 27.5. The first kappa shape index (κ1) is 18.4. The van der Waals surface area contributed by atoms with E-state index in [-0.39, 0.29) is 27.3 Å². The molecule has 3 aromatic rings. The van der Waals surface area contributed by atoms with Gasteiger partial charge in [-0.3, -0.25) is 15.2 Å². The van der Waals surface area contributed by atoms with Gasteiger partial charge in [-0.1, -0.05) is 19.1 Å². The van der Waals surface area contributed by atoms with E-state index in [0.717, 1.165) is 11.8 Å². The number of furan rings is 1. The number of nitrogens with zero attached hydrogens (tertiary/aromatic N) is 3. The van der Waals surface area contributed by atoms with E-state index in [1.165, 1.54) is 12.1 Å². The molecule has 9 nitrogen and oxygen atoms in total. The summed E-state index contributed by atoms with van der Waals surface area (Å²) in [6.07, 6.45) is 1.98. The molecule has 2 aromatic heterocycles. The molecule has 0 saturated heterocycles. The number of nitro groups is 1. The van der Waals surface area contributed by atoms with Crippen LogP contribution in [0.25, 0.3) is 17.4 Å². The van der Waals surface area contributed by atoms with Crippen LogP contribution in [0.15, 0.2) is 50.9 Å². The first-order chi connectivity index (χ1) is 13.0. The minimum atomic E-state index is -1.16. The maximum atomic E-state index is 11.5. The highest BCUT2D eigenvalue weighted by molar-refractivity contribution is 8.04. The largest absolute Gasteiger partial charge is 0.477 e. The number of thioether (sulfide) groups is 1. The van der Waals surface area contributed by atoms with Gasteiger partial charge >= 0.3 is 5.97 Å². The summed E-state index contributed by atoms with van der Waals surface area (Å²) in [5.74, 6) is 0.0131. The topological polar surface area (TPSA) is 135 Å². The second-order valence-electron chi connectivity index (χ2n) is 5.31. The summed E-state index contributed by atoms with van der Waals surface area (Å²) >= 11 is 0.881. The Balaban J connectivity index is 1.90. The lowest BCUT2D eigenvalue weighted by Gasteiger charge is -1.99. The van der Waals surface area contributed by atoms with Crippen LogP contribution in [0, 0.1) is 10.1 Å². The van der Waals surface area contributed by atoms with Gasteiger partial charge < -0.3 is 9.52 Å². The fourth-order valence-corrected chi connectivity index (χ4v) is 2.97. The molecule has 1 aromatic carbocycles. The molecule has 2 N–H and O–H groups in total. The van der Waals surface area contributed by atoms with Gasteiger partial charge in [0.25, 0.3) is 5.69 Å². The smallest absolute Gasteiger partial charge is 0.342 e. The number of aliphatic carboxylic acids is 1. The Hall–Kier alpha value is -3.40. The lowest BCUT2D eigenvalue weighted by molar-refractivity contribution is -0.384. The number of hydrogen-bond donors (Lipinski definition) is 2. The Bertz CT molecular complexity index is 1020. The first-order valence-corrected chi connectivity index (χ1v) is 8.67. The maximum Gasteiger partial charge on any atom is 0.342 e. The summed E-state index contributed by atoms with van der Waals surface area (Å²) in [5.41, 5.74) is 0.219. The number of aryl methyl sites for hydroxylation is 1. The number of nitrogens with one attached hydrogen (secondary N) is 1. The van der Waals surface area contributed by atoms with Crippen LogP contribution in [0.4, 0.5) is 5.69 Å². The van der Waals surface area contributed by atoms with Gasteiger partial charge in [-0.05, 0) is 30.0 Å². The van der Waals surface area contributed by atoms with Crippen molar-refractivity contribution >= 4 is 29.5 Å². The predicted octanol–water partition coefficient (Wildman–Crippen LogP) is 3.75. The Labute approximate surface area is 157 Å². The number of aromatic nitrogens is 3. The standard InChI is InChI=1S/C17H14N4O5S/c1-2-15-18-17(20-19-15)27-14(16(22)23)9-10-7-8-13(26-10)11-5-3-4-6-12(11)21(24)25/h3-9H,2H2,1H3,(H,22,23)(H,18,19,20)/b14-9-. The van der Waals surface area contributed by atoms with Crippen LogP contribution in [-0.4, -0.2) is 31.2 Å². The van der Waals surface area contributed by atoms with Crippen molar-refractivity contribution in [1.29, 1.82) is 0 Å². The first-order valence-electron chi connectivity index (χ1n) is 7.85. The third-order valence-corrected chi connectivity index (χ3v) is 4.40. The molecule has 2 heterocycles. The van der Waals surface area contributed by atoms with Crippen LogP contribution in [0.1, 0.15) is 18.5 Å². The molecule has 0 aliphatic heterocycles. The summed E-state index contributed by atoms with van der Waals surface area (Å²) in [6.45, 7) is 1.90. The number of carbonyl (C=O) groups is 1. The van der Waals surface area contributed by atoms with Gasteiger partial charge in [-0.15, -0.1) is 5.10 Å². The molecular weight excluding hydrogens is 372 g/mol. The van der Waals surface area contributed by atoms with Gasteiger partial charge in [-0.25, -0.2) is 9.78 Å². The molecule has 0 aliphatic carbocycles. The van der Waals surface area contributed by atoms with E-state index in [4.69, 9.17) is 4.42 Å². The molecule has 0 atom stereocenters. The highest BCUT2D eigenvalue weighted by Gasteiger charge is 2.18. The van der Waals surface area contributed by atoms with Crippen LogP contribution in [-0.2, 0) is 11.2 Å². The number of carboxylic acids is 1. The monoisotopic (exact) mass is 386 g/mol. The molecule has 0 bridgehead atoms. The van der Waals surface area contributed by atoms with Crippen molar-refractivity contribution in [2.24, 2.45) is 0 Å². The Morgan fingerprint density at radius 3 is 2.81 bits per heavy atom. The molecule has 10 heteroatoms. The third kappa shape index (κ3) is 4.23. The van der Waals surface area contributed by atoms with E-state index in [1.54, 1.807) is 30.3 Å². The molecule has 27 heavy (non-hydrogen) atoms. The normalized spacial score (nSPS) is 11.5. The number of aromatic amines is 1. The van der Waals surface area contributed by atoms with E-state index in [9.17, 15) is 20.0 Å². The molecule has 0 radical (unpaired) electrons. The number of H-pyrrole nitrogens is 1. The zero-order valence-corrected chi connectivity index (χ0v) is 14.9. The number of rotatable bonds is 7. The van der Waals surface area contributed by atoms with Gasteiger partial charge in [-0.2, -0.15) is 0 Å². The van der Waals surface area contributed by atoms with Gasteiger partial charge in [0.2, 0.25) is 5.16 Å². The molecule has 0 saturated carbocycles. The van der Waals surface area contributed by atoms with E-state index in [0.29, 0.717) is 17.8 Å². The number of para-hydroxylation sites is 1. The SMILES string of the molecule is CCc1nc(S/C(=C\c2ccc(-c3ccccc3[N+](=O)[O-])o2)C(=O)O)n[nH]1. The van der Waals surface area contributed by atoms with Crippen molar-refractivity contribution in [2.75, 3.05) is 0 Å². The van der Waals surface area contributed by atoms with Crippen LogP contribution >= 0.6 is 11.8 Å².